The first-order chi connectivity index (χ1) is 10.1. The molecular weight excluding hydrogens is 282 g/mol. The Morgan fingerprint density at radius 3 is 2.81 bits per heavy atom. The maximum absolute atomic E-state index is 12.0. The number of amides is 1. The second-order valence-corrected chi connectivity index (χ2v) is 6.48. The minimum absolute atomic E-state index is 0.206. The highest BCUT2D eigenvalue weighted by Gasteiger charge is 2.20. The normalized spacial score (nSPS) is 12.8. The average molecular weight is 305 g/mol. The number of nitrogens with zero attached hydrogens (tertiary/aromatic N) is 1. The molecule has 2 aromatic rings. The van der Waals surface area contributed by atoms with Crippen LogP contribution >= 0.6 is 11.3 Å². The van der Waals surface area contributed by atoms with Gasteiger partial charge in [0.2, 0.25) is 0 Å². The minimum atomic E-state index is -0.206. The van der Waals surface area contributed by atoms with E-state index in [2.05, 4.69) is 37.3 Å². The van der Waals surface area contributed by atoms with Crippen LogP contribution in [0.25, 0.3) is 10.1 Å². The number of rotatable bonds is 6. The zero-order valence-electron chi connectivity index (χ0n) is 12.8. The molecule has 1 amide bonds. The predicted molar refractivity (Wildman–Crippen MR) is 89.3 cm³/mol. The van der Waals surface area contributed by atoms with Gasteiger partial charge in [-0.05, 0) is 37.4 Å². The summed E-state index contributed by atoms with van der Waals surface area (Å²) < 4.78 is 1.13. The second-order valence-electron chi connectivity index (χ2n) is 5.43. The van der Waals surface area contributed by atoms with Gasteiger partial charge in [-0.1, -0.05) is 31.5 Å². The fourth-order valence-corrected chi connectivity index (χ4v) is 3.67. The number of hydrazine groups is 1. The fraction of sp³-hybridized carbons (Fsp3) is 0.438. The van der Waals surface area contributed by atoms with Gasteiger partial charge in [0.25, 0.3) is 5.91 Å². The number of nitrogens with one attached hydrogen (secondary N) is 1. The summed E-state index contributed by atoms with van der Waals surface area (Å²) in [6, 6.07) is 8.62. The standard InChI is InChI=1S/C16H23N3OS/c1-4-7-11(2)19(3)10-13-12-8-5-6-9-14(12)21-15(13)16(20)18-17/h5-6,8-9,11H,4,7,10,17H2,1-3H3,(H,18,20). The highest BCUT2D eigenvalue weighted by atomic mass is 32.1. The van der Waals surface area contributed by atoms with Crippen molar-refractivity contribution in [1.82, 2.24) is 10.3 Å². The van der Waals surface area contributed by atoms with Crippen LogP contribution in [0.2, 0.25) is 0 Å². The molecule has 0 spiro atoms. The van der Waals surface area contributed by atoms with E-state index in [1.807, 2.05) is 18.2 Å². The van der Waals surface area contributed by atoms with Gasteiger partial charge in [-0.15, -0.1) is 11.3 Å². The van der Waals surface area contributed by atoms with Gasteiger partial charge in [-0.2, -0.15) is 0 Å². The van der Waals surface area contributed by atoms with Gasteiger partial charge in [0.1, 0.15) is 0 Å². The molecular formula is C16H23N3OS. The summed E-state index contributed by atoms with van der Waals surface area (Å²) >= 11 is 1.50. The summed E-state index contributed by atoms with van der Waals surface area (Å²) in [6.07, 6.45) is 2.31. The lowest BCUT2D eigenvalue weighted by molar-refractivity contribution is 0.0955. The summed E-state index contributed by atoms with van der Waals surface area (Å²) in [7, 11) is 2.11. The Labute approximate surface area is 129 Å². The molecule has 2 rings (SSSR count). The largest absolute Gasteiger partial charge is 0.299 e. The van der Waals surface area contributed by atoms with E-state index in [9.17, 15) is 4.79 Å². The summed E-state index contributed by atoms with van der Waals surface area (Å²) in [4.78, 5) is 15.1. The van der Waals surface area contributed by atoms with Crippen LogP contribution in [0.15, 0.2) is 24.3 Å². The number of hydrogen-bond acceptors (Lipinski definition) is 4. The summed E-state index contributed by atoms with van der Waals surface area (Å²) in [6.45, 7) is 5.17. The number of carbonyl (C=O) groups is 1. The molecule has 0 saturated heterocycles. The van der Waals surface area contributed by atoms with Crippen molar-refractivity contribution in [2.45, 2.75) is 39.3 Å². The van der Waals surface area contributed by atoms with Crippen LogP contribution < -0.4 is 11.3 Å². The molecule has 0 bridgehead atoms. The van der Waals surface area contributed by atoms with Crippen LogP contribution in [-0.2, 0) is 6.54 Å². The van der Waals surface area contributed by atoms with Crippen molar-refractivity contribution in [3.8, 4) is 0 Å². The van der Waals surface area contributed by atoms with Gasteiger partial charge in [-0.25, -0.2) is 5.84 Å². The molecule has 5 heteroatoms. The first-order valence-corrected chi connectivity index (χ1v) is 8.11. The molecule has 114 valence electrons. The summed E-state index contributed by atoms with van der Waals surface area (Å²) in [5.74, 6) is 5.12. The molecule has 21 heavy (non-hydrogen) atoms. The van der Waals surface area contributed by atoms with Crippen LogP contribution in [0.1, 0.15) is 41.9 Å². The predicted octanol–water partition coefficient (Wildman–Crippen LogP) is 3.13. The molecule has 1 atom stereocenters. The highest BCUT2D eigenvalue weighted by molar-refractivity contribution is 7.21. The number of hydrogen-bond donors (Lipinski definition) is 2. The molecule has 0 aliphatic rings. The maximum Gasteiger partial charge on any atom is 0.275 e. The van der Waals surface area contributed by atoms with Crippen LogP contribution in [0, 0.1) is 0 Å². The number of fused-ring (bicyclic) bond motifs is 1. The number of nitrogen functional groups attached to an aromatic ring is 1. The first kappa shape index (κ1) is 15.9. The molecule has 1 heterocycles. The van der Waals surface area contributed by atoms with Crippen molar-refractivity contribution in [1.29, 1.82) is 0 Å². The molecule has 1 unspecified atom stereocenters. The second kappa shape index (κ2) is 7.02. The molecule has 1 aromatic heterocycles. The Bertz CT molecular complexity index is 623. The van der Waals surface area contributed by atoms with Gasteiger partial charge < -0.3 is 0 Å². The van der Waals surface area contributed by atoms with Crippen molar-refractivity contribution in [2.75, 3.05) is 7.05 Å². The van der Waals surface area contributed by atoms with E-state index in [-0.39, 0.29) is 5.91 Å². The van der Waals surface area contributed by atoms with Crippen molar-refractivity contribution in [3.05, 3.63) is 34.7 Å². The SMILES string of the molecule is CCCC(C)N(C)Cc1c(C(=O)NN)sc2ccccc12. The fourth-order valence-electron chi connectivity index (χ4n) is 2.55. The third-order valence-electron chi connectivity index (χ3n) is 3.90. The summed E-state index contributed by atoms with van der Waals surface area (Å²) in [5.41, 5.74) is 3.34. The van der Waals surface area contributed by atoms with Crippen molar-refractivity contribution in [2.24, 2.45) is 5.84 Å². The molecule has 1 aromatic carbocycles. The van der Waals surface area contributed by atoms with Crippen molar-refractivity contribution < 1.29 is 4.79 Å². The number of nitrogens with two attached hydrogens (primary N) is 1. The maximum atomic E-state index is 12.0. The van der Waals surface area contributed by atoms with Crippen LogP contribution in [0.5, 0.6) is 0 Å². The third kappa shape index (κ3) is 3.43. The average Bonchev–Trinajstić information content (AvgIpc) is 2.85. The number of thiophene rings is 1. The third-order valence-corrected chi connectivity index (χ3v) is 5.11. The Morgan fingerprint density at radius 1 is 1.43 bits per heavy atom. The Balaban J connectivity index is 2.38. The lowest BCUT2D eigenvalue weighted by Crippen LogP contribution is -2.32. The van der Waals surface area contributed by atoms with Crippen molar-refractivity contribution >= 4 is 27.3 Å². The van der Waals surface area contributed by atoms with E-state index in [4.69, 9.17) is 5.84 Å². The Morgan fingerprint density at radius 2 is 2.14 bits per heavy atom. The topological polar surface area (TPSA) is 58.4 Å². The molecule has 0 fully saturated rings. The Hall–Kier alpha value is -1.43. The smallest absolute Gasteiger partial charge is 0.275 e. The molecule has 4 nitrogen and oxygen atoms in total. The number of carbonyl (C=O) groups excluding carboxylic acids is 1. The zero-order valence-corrected chi connectivity index (χ0v) is 13.7. The van der Waals surface area contributed by atoms with Gasteiger partial charge in [0, 0.05) is 17.3 Å². The van der Waals surface area contributed by atoms with Crippen LogP contribution in [0.3, 0.4) is 0 Å². The van der Waals surface area contributed by atoms with E-state index in [1.54, 1.807) is 0 Å². The molecule has 0 aliphatic carbocycles. The van der Waals surface area contributed by atoms with E-state index in [0.717, 1.165) is 35.0 Å². The van der Waals surface area contributed by atoms with E-state index in [0.29, 0.717) is 10.9 Å². The Kier molecular flexibility index (Phi) is 5.33. The molecule has 0 saturated carbocycles. The van der Waals surface area contributed by atoms with Gasteiger partial charge >= 0.3 is 0 Å². The van der Waals surface area contributed by atoms with E-state index >= 15 is 0 Å². The van der Waals surface area contributed by atoms with Crippen LogP contribution in [-0.4, -0.2) is 23.9 Å². The van der Waals surface area contributed by atoms with Gasteiger partial charge in [0.05, 0.1) is 4.88 Å². The lowest BCUT2D eigenvalue weighted by atomic mass is 10.1. The zero-order chi connectivity index (χ0) is 15.4. The van der Waals surface area contributed by atoms with Crippen molar-refractivity contribution in [3.63, 3.8) is 0 Å². The van der Waals surface area contributed by atoms with Gasteiger partial charge in [0.15, 0.2) is 0 Å². The van der Waals surface area contributed by atoms with E-state index in [1.165, 1.54) is 11.3 Å². The monoisotopic (exact) mass is 305 g/mol. The lowest BCUT2D eigenvalue weighted by Gasteiger charge is -2.24. The number of benzene rings is 1. The first-order valence-electron chi connectivity index (χ1n) is 7.30. The quantitative estimate of drug-likeness (QED) is 0.490. The molecule has 0 aliphatic heterocycles. The van der Waals surface area contributed by atoms with Crippen LogP contribution in [0.4, 0.5) is 0 Å². The van der Waals surface area contributed by atoms with Gasteiger partial charge in [-0.3, -0.25) is 15.1 Å². The minimum Gasteiger partial charge on any atom is -0.299 e. The molecule has 3 N–H and O–H groups in total. The van der Waals surface area contributed by atoms with E-state index < -0.39 is 0 Å². The summed E-state index contributed by atoms with van der Waals surface area (Å²) in [5, 5.41) is 1.15. The molecule has 0 radical (unpaired) electrons. The highest BCUT2D eigenvalue weighted by Crippen LogP contribution is 2.32.